The Morgan fingerprint density at radius 2 is 1.55 bits per heavy atom. The van der Waals surface area contributed by atoms with E-state index in [4.69, 9.17) is 12.2 Å². The number of thiocarbonyl (C=S) groups is 1. The summed E-state index contributed by atoms with van der Waals surface area (Å²) in [5.74, 6) is -0.113. The summed E-state index contributed by atoms with van der Waals surface area (Å²) in [7, 11) is 0. The molecule has 0 spiro atoms. The average Bonchev–Trinajstić information content (AvgIpc) is 2.79. The summed E-state index contributed by atoms with van der Waals surface area (Å²) in [5.41, 5.74) is 4.92. The average molecular weight is 429 g/mol. The first-order valence-corrected chi connectivity index (χ1v) is 10.1. The molecule has 7 heteroatoms. The molecule has 0 bridgehead atoms. The fourth-order valence-corrected chi connectivity index (χ4v) is 3.52. The van der Waals surface area contributed by atoms with Crippen molar-refractivity contribution in [2.75, 3.05) is 5.32 Å². The number of anilines is 1. The van der Waals surface area contributed by atoms with Gasteiger partial charge in [0, 0.05) is 16.8 Å². The quantitative estimate of drug-likeness (QED) is 0.255. The number of hydrazone groups is 1. The number of rotatable bonds is 4. The highest BCUT2D eigenvalue weighted by Gasteiger charge is 2.19. The van der Waals surface area contributed by atoms with Crippen molar-refractivity contribution in [3.8, 4) is 11.4 Å². The SMILES string of the molecule is C/C(=N/NC(=S)Nc1ccccc1)c1c(O)c2ccccc2n(-c2ccccc2)c1=O. The van der Waals surface area contributed by atoms with E-state index in [0.717, 1.165) is 5.69 Å². The van der Waals surface area contributed by atoms with Crippen LogP contribution in [0.2, 0.25) is 0 Å². The zero-order valence-electron chi connectivity index (χ0n) is 16.7. The van der Waals surface area contributed by atoms with E-state index in [2.05, 4.69) is 15.8 Å². The topological polar surface area (TPSA) is 78.7 Å². The second kappa shape index (κ2) is 8.81. The number of aromatic hydroxyl groups is 1. The van der Waals surface area contributed by atoms with Gasteiger partial charge in [-0.25, -0.2) is 0 Å². The van der Waals surface area contributed by atoms with Gasteiger partial charge in [0.1, 0.15) is 11.3 Å². The Kier molecular flexibility index (Phi) is 5.77. The molecule has 0 saturated heterocycles. The van der Waals surface area contributed by atoms with Crippen LogP contribution in [-0.4, -0.2) is 20.5 Å². The fourth-order valence-electron chi connectivity index (χ4n) is 3.36. The minimum absolute atomic E-state index is 0.109. The molecule has 4 aromatic rings. The number of hydrogen-bond donors (Lipinski definition) is 3. The summed E-state index contributed by atoms with van der Waals surface area (Å²) >= 11 is 5.27. The number of aromatic nitrogens is 1. The van der Waals surface area contributed by atoms with Crippen molar-refractivity contribution in [1.82, 2.24) is 9.99 Å². The molecule has 0 radical (unpaired) electrons. The zero-order chi connectivity index (χ0) is 21.8. The largest absolute Gasteiger partial charge is 0.506 e. The van der Waals surface area contributed by atoms with Crippen molar-refractivity contribution in [2.45, 2.75) is 6.92 Å². The molecule has 6 nitrogen and oxygen atoms in total. The van der Waals surface area contributed by atoms with E-state index < -0.39 is 0 Å². The van der Waals surface area contributed by atoms with Crippen molar-refractivity contribution in [1.29, 1.82) is 0 Å². The highest BCUT2D eigenvalue weighted by molar-refractivity contribution is 7.80. The van der Waals surface area contributed by atoms with Gasteiger partial charge < -0.3 is 10.4 Å². The maximum absolute atomic E-state index is 13.4. The third-order valence-corrected chi connectivity index (χ3v) is 4.98. The third-order valence-electron chi connectivity index (χ3n) is 4.79. The predicted molar refractivity (Wildman–Crippen MR) is 129 cm³/mol. The lowest BCUT2D eigenvalue weighted by Crippen LogP contribution is -2.28. The summed E-state index contributed by atoms with van der Waals surface area (Å²) in [4.78, 5) is 13.4. The molecule has 154 valence electrons. The van der Waals surface area contributed by atoms with Crippen molar-refractivity contribution in [3.05, 3.63) is 101 Å². The molecular formula is C24H20N4O2S. The first kappa shape index (κ1) is 20.3. The van der Waals surface area contributed by atoms with E-state index >= 15 is 0 Å². The molecular weight excluding hydrogens is 408 g/mol. The molecule has 3 N–H and O–H groups in total. The standard InChI is InChI=1S/C24H20N4O2S/c1-16(26-27-24(31)25-17-10-4-2-5-11-17)21-22(29)19-14-8-9-15-20(19)28(23(21)30)18-12-6-3-7-13-18/h2-15,29H,1H3,(H2,25,27,31)/b26-16-. The lowest BCUT2D eigenvalue weighted by molar-refractivity contribution is 0.478. The molecule has 0 fully saturated rings. The minimum Gasteiger partial charge on any atom is -0.506 e. The normalized spacial score (nSPS) is 11.3. The summed E-state index contributed by atoms with van der Waals surface area (Å²) < 4.78 is 1.57. The van der Waals surface area contributed by atoms with E-state index in [1.807, 2.05) is 72.8 Å². The first-order valence-electron chi connectivity index (χ1n) is 9.65. The van der Waals surface area contributed by atoms with Crippen LogP contribution in [0.15, 0.2) is 94.8 Å². The molecule has 0 aliphatic carbocycles. The van der Waals surface area contributed by atoms with Gasteiger partial charge in [-0.05, 0) is 55.5 Å². The lowest BCUT2D eigenvalue weighted by atomic mass is 10.1. The van der Waals surface area contributed by atoms with Crippen LogP contribution in [0.5, 0.6) is 5.75 Å². The molecule has 0 aliphatic rings. The molecule has 0 amide bonds. The summed E-state index contributed by atoms with van der Waals surface area (Å²) in [6, 6.07) is 25.9. The van der Waals surface area contributed by atoms with Crippen LogP contribution in [0.1, 0.15) is 12.5 Å². The zero-order valence-corrected chi connectivity index (χ0v) is 17.6. The number of nitrogens with one attached hydrogen (secondary N) is 2. The van der Waals surface area contributed by atoms with Gasteiger partial charge in [0.2, 0.25) is 0 Å². The smallest absolute Gasteiger partial charge is 0.268 e. The summed E-state index contributed by atoms with van der Waals surface area (Å²) in [6.07, 6.45) is 0. The lowest BCUT2D eigenvalue weighted by Gasteiger charge is -2.15. The van der Waals surface area contributed by atoms with Crippen LogP contribution in [0.4, 0.5) is 5.69 Å². The van der Waals surface area contributed by atoms with Crippen molar-refractivity contribution in [2.24, 2.45) is 5.10 Å². The molecule has 0 saturated carbocycles. The van der Waals surface area contributed by atoms with Crippen LogP contribution in [0.3, 0.4) is 0 Å². The molecule has 0 unspecified atom stereocenters. The van der Waals surface area contributed by atoms with Gasteiger partial charge in [-0.3, -0.25) is 14.8 Å². The number of fused-ring (bicyclic) bond motifs is 1. The molecule has 0 atom stereocenters. The van der Waals surface area contributed by atoms with Gasteiger partial charge in [0.05, 0.1) is 11.2 Å². The Morgan fingerprint density at radius 1 is 0.935 bits per heavy atom. The highest BCUT2D eigenvalue weighted by atomic mass is 32.1. The van der Waals surface area contributed by atoms with E-state index in [1.165, 1.54) is 0 Å². The molecule has 1 aromatic heterocycles. The highest BCUT2D eigenvalue weighted by Crippen LogP contribution is 2.28. The van der Waals surface area contributed by atoms with Crippen LogP contribution < -0.4 is 16.3 Å². The van der Waals surface area contributed by atoms with E-state index in [0.29, 0.717) is 22.3 Å². The monoisotopic (exact) mass is 428 g/mol. The number of pyridine rings is 1. The van der Waals surface area contributed by atoms with Gasteiger partial charge >= 0.3 is 0 Å². The first-order chi connectivity index (χ1) is 15.1. The Hall–Kier alpha value is -3.97. The van der Waals surface area contributed by atoms with E-state index in [1.54, 1.807) is 23.6 Å². The number of hydrogen-bond acceptors (Lipinski definition) is 4. The molecule has 3 aromatic carbocycles. The van der Waals surface area contributed by atoms with Gasteiger partial charge in [-0.15, -0.1) is 0 Å². The Morgan fingerprint density at radius 3 is 2.26 bits per heavy atom. The summed E-state index contributed by atoms with van der Waals surface area (Å²) in [5, 5.41) is 19.0. The number of nitrogens with zero attached hydrogens (tertiary/aromatic N) is 2. The van der Waals surface area contributed by atoms with Gasteiger partial charge in [-0.2, -0.15) is 5.10 Å². The molecule has 31 heavy (non-hydrogen) atoms. The number of para-hydroxylation sites is 3. The van der Waals surface area contributed by atoms with Crippen molar-refractivity contribution < 1.29 is 5.11 Å². The number of benzene rings is 3. The molecule has 1 heterocycles. The third kappa shape index (κ3) is 4.17. The second-order valence-corrected chi connectivity index (χ2v) is 7.25. The van der Waals surface area contributed by atoms with Crippen LogP contribution in [0.25, 0.3) is 16.6 Å². The van der Waals surface area contributed by atoms with E-state index in [9.17, 15) is 9.90 Å². The van der Waals surface area contributed by atoms with Gasteiger partial charge in [-0.1, -0.05) is 48.5 Å². The fraction of sp³-hybridized carbons (Fsp3) is 0.0417. The predicted octanol–water partition coefficient (Wildman–Crippen LogP) is 4.41. The van der Waals surface area contributed by atoms with Crippen molar-refractivity contribution in [3.63, 3.8) is 0 Å². The molecule has 0 aliphatic heterocycles. The van der Waals surface area contributed by atoms with Crippen LogP contribution in [-0.2, 0) is 0 Å². The van der Waals surface area contributed by atoms with Crippen molar-refractivity contribution >= 4 is 39.6 Å². The Balaban J connectivity index is 1.76. The van der Waals surface area contributed by atoms with Crippen LogP contribution >= 0.6 is 12.2 Å². The second-order valence-electron chi connectivity index (χ2n) is 6.85. The minimum atomic E-state index is -0.368. The maximum Gasteiger partial charge on any atom is 0.268 e. The van der Waals surface area contributed by atoms with E-state index in [-0.39, 0.29) is 22.0 Å². The van der Waals surface area contributed by atoms with Gasteiger partial charge in [0.25, 0.3) is 5.56 Å². The maximum atomic E-state index is 13.4. The Bertz CT molecular complexity index is 1330. The van der Waals surface area contributed by atoms with Gasteiger partial charge in [0.15, 0.2) is 5.11 Å². The summed E-state index contributed by atoms with van der Waals surface area (Å²) in [6.45, 7) is 1.65. The molecule has 4 rings (SSSR count). The Labute approximate surface area is 184 Å². The van der Waals surface area contributed by atoms with Crippen LogP contribution in [0, 0.1) is 0 Å².